The van der Waals surface area contributed by atoms with Crippen LogP contribution in [0.3, 0.4) is 0 Å². The first kappa shape index (κ1) is 33.1. The lowest BCUT2D eigenvalue weighted by Gasteiger charge is -2.14. The van der Waals surface area contributed by atoms with Crippen LogP contribution in [0.25, 0.3) is 0 Å². The fraction of sp³-hybridized carbons (Fsp3) is 0.526. The van der Waals surface area contributed by atoms with Crippen molar-refractivity contribution in [1.29, 1.82) is 0 Å². The number of hydrogen-bond donors (Lipinski definition) is 0. The quantitative estimate of drug-likeness (QED) is 0.0969. The minimum atomic E-state index is 0.933. The number of benzene rings is 2. The highest BCUT2D eigenvalue weighted by Crippen LogP contribution is 2.26. The molecular formula is C38H52N2. The average molecular weight is 537 g/mol. The van der Waals surface area contributed by atoms with Crippen LogP contribution in [0.2, 0.25) is 0 Å². The topological polar surface area (TPSA) is 24.7 Å². The highest BCUT2D eigenvalue weighted by Gasteiger charge is 2.13. The molecule has 0 aromatic heterocycles. The summed E-state index contributed by atoms with van der Waals surface area (Å²) in [6.45, 7) is 8.38. The van der Waals surface area contributed by atoms with E-state index in [1.54, 1.807) is 0 Å². The molecule has 214 valence electrons. The zero-order valence-electron chi connectivity index (χ0n) is 25.8. The number of rotatable bonds is 19. The van der Waals surface area contributed by atoms with E-state index in [2.05, 4.69) is 86.1 Å². The Balaban J connectivity index is 2.43. The Morgan fingerprint density at radius 1 is 0.550 bits per heavy atom. The molecule has 2 heteroatoms. The molecule has 0 fully saturated rings. The van der Waals surface area contributed by atoms with Crippen molar-refractivity contribution in [1.82, 2.24) is 0 Å². The summed E-state index contributed by atoms with van der Waals surface area (Å²) in [5.74, 6) is 12.5. The molecule has 0 unspecified atom stereocenters. The number of hydrogen-bond acceptors (Lipinski definition) is 2. The smallest absolute Gasteiger partial charge is 0.0665 e. The molecule has 0 N–H and O–H groups in total. The Labute approximate surface area is 246 Å². The number of unbranched alkanes of at least 4 members (excludes halogenated alkanes) is 8. The second-order valence-electron chi connectivity index (χ2n) is 10.6. The molecule has 0 saturated carbocycles. The largest absolute Gasteiger partial charge is 0.251 e. The second kappa shape index (κ2) is 21.7. The van der Waals surface area contributed by atoms with Gasteiger partial charge in [-0.2, -0.15) is 0 Å². The maximum Gasteiger partial charge on any atom is 0.0665 e. The fourth-order valence-electron chi connectivity index (χ4n) is 4.88. The predicted molar refractivity (Wildman–Crippen MR) is 177 cm³/mol. The number of aliphatic imine (C=N–C) groups is 2. The van der Waals surface area contributed by atoms with Crippen LogP contribution in [-0.2, 0) is 12.8 Å². The van der Waals surface area contributed by atoms with Crippen LogP contribution in [0.5, 0.6) is 0 Å². The lowest BCUT2D eigenvalue weighted by Crippen LogP contribution is -2.15. The molecule has 0 aliphatic rings. The van der Waals surface area contributed by atoms with Gasteiger partial charge in [0.15, 0.2) is 0 Å². The molecule has 0 atom stereocenters. The Kier molecular flexibility index (Phi) is 18.0. The molecule has 0 aliphatic heterocycles. The SMILES string of the molecule is CC#CCCCc1ccccc1N=C(CCCC)C(CCCCCCCC)=Nc1ccccc1CCCC#CC. The lowest BCUT2D eigenvalue weighted by atomic mass is 10.00. The van der Waals surface area contributed by atoms with Gasteiger partial charge in [0.25, 0.3) is 0 Å². The van der Waals surface area contributed by atoms with E-state index in [-0.39, 0.29) is 0 Å². The van der Waals surface area contributed by atoms with Crippen LogP contribution in [0.1, 0.15) is 129 Å². The van der Waals surface area contributed by atoms with Gasteiger partial charge in [0.1, 0.15) is 0 Å². The van der Waals surface area contributed by atoms with Crippen molar-refractivity contribution in [2.24, 2.45) is 9.98 Å². The zero-order chi connectivity index (χ0) is 28.7. The summed E-state index contributed by atoms with van der Waals surface area (Å²) in [7, 11) is 0. The van der Waals surface area contributed by atoms with Gasteiger partial charge in [-0.3, -0.25) is 9.98 Å². The molecule has 2 aromatic carbocycles. The molecule has 0 radical (unpaired) electrons. The van der Waals surface area contributed by atoms with Crippen LogP contribution < -0.4 is 0 Å². The summed E-state index contributed by atoms with van der Waals surface area (Å²) in [6, 6.07) is 17.3. The van der Waals surface area contributed by atoms with Crippen molar-refractivity contribution in [3.63, 3.8) is 0 Å². The summed E-state index contributed by atoms with van der Waals surface area (Å²) >= 11 is 0. The van der Waals surface area contributed by atoms with Crippen molar-refractivity contribution in [3.05, 3.63) is 59.7 Å². The molecule has 0 saturated heterocycles. The summed E-state index contributed by atoms with van der Waals surface area (Å²) in [5, 5.41) is 0. The molecule has 0 spiro atoms. The molecule has 2 rings (SSSR count). The van der Waals surface area contributed by atoms with Crippen LogP contribution in [-0.4, -0.2) is 11.4 Å². The van der Waals surface area contributed by atoms with E-state index in [1.165, 1.54) is 61.1 Å². The van der Waals surface area contributed by atoms with Crippen LogP contribution in [0.15, 0.2) is 58.5 Å². The van der Waals surface area contributed by atoms with E-state index in [1.807, 2.05) is 13.8 Å². The molecule has 0 heterocycles. The van der Waals surface area contributed by atoms with Crippen LogP contribution in [0, 0.1) is 23.7 Å². The monoisotopic (exact) mass is 536 g/mol. The van der Waals surface area contributed by atoms with E-state index < -0.39 is 0 Å². The zero-order valence-corrected chi connectivity index (χ0v) is 25.8. The van der Waals surface area contributed by atoms with Crippen molar-refractivity contribution >= 4 is 22.8 Å². The summed E-state index contributed by atoms with van der Waals surface area (Å²) in [6.07, 6.45) is 17.9. The first-order chi connectivity index (χ1) is 19.7. The van der Waals surface area contributed by atoms with E-state index >= 15 is 0 Å². The van der Waals surface area contributed by atoms with E-state index in [0.717, 1.165) is 75.6 Å². The van der Waals surface area contributed by atoms with E-state index in [4.69, 9.17) is 9.98 Å². The molecule has 40 heavy (non-hydrogen) atoms. The average Bonchev–Trinajstić information content (AvgIpc) is 2.98. The highest BCUT2D eigenvalue weighted by atomic mass is 14.8. The first-order valence-corrected chi connectivity index (χ1v) is 15.8. The van der Waals surface area contributed by atoms with Gasteiger partial charge in [-0.25, -0.2) is 0 Å². The maximum atomic E-state index is 5.39. The van der Waals surface area contributed by atoms with Gasteiger partial charge in [0.2, 0.25) is 0 Å². The van der Waals surface area contributed by atoms with Crippen LogP contribution >= 0.6 is 0 Å². The third-order valence-electron chi connectivity index (χ3n) is 7.21. The predicted octanol–water partition coefficient (Wildman–Crippen LogP) is 11.2. The Morgan fingerprint density at radius 3 is 1.50 bits per heavy atom. The third kappa shape index (κ3) is 13.3. The number of nitrogens with zero attached hydrogens (tertiary/aromatic N) is 2. The minimum absolute atomic E-state index is 0.933. The highest BCUT2D eigenvalue weighted by molar-refractivity contribution is 6.43. The van der Waals surface area contributed by atoms with E-state index in [9.17, 15) is 0 Å². The first-order valence-electron chi connectivity index (χ1n) is 15.8. The second-order valence-corrected chi connectivity index (χ2v) is 10.6. The molecule has 2 nitrogen and oxygen atoms in total. The number of aryl methyl sites for hydroxylation is 2. The Morgan fingerprint density at radius 2 is 1.00 bits per heavy atom. The molecule has 2 aromatic rings. The molecule has 0 bridgehead atoms. The standard InChI is InChI=1S/C38H52N2/c1-5-9-13-16-17-20-32-38(40-36-31-24-22-28-34(36)26-19-15-11-7-3)37(29-12-8-4)39-35-30-23-21-27-33(35)25-18-14-10-6-2/h21-24,27-28,30-31H,5,8-9,12-20,25-26,29,32H2,1-4H3. The van der Waals surface area contributed by atoms with Crippen molar-refractivity contribution in [2.45, 2.75) is 130 Å². The molecular weight excluding hydrogens is 484 g/mol. The van der Waals surface area contributed by atoms with Crippen molar-refractivity contribution < 1.29 is 0 Å². The van der Waals surface area contributed by atoms with Gasteiger partial charge in [0, 0.05) is 12.8 Å². The van der Waals surface area contributed by atoms with Gasteiger partial charge in [-0.1, -0.05) is 88.8 Å². The van der Waals surface area contributed by atoms with Crippen LogP contribution in [0.4, 0.5) is 11.4 Å². The summed E-state index contributed by atoms with van der Waals surface area (Å²) in [4.78, 5) is 10.8. The third-order valence-corrected chi connectivity index (χ3v) is 7.21. The summed E-state index contributed by atoms with van der Waals surface area (Å²) < 4.78 is 0. The molecule has 0 amide bonds. The van der Waals surface area contributed by atoms with Gasteiger partial charge < -0.3 is 0 Å². The fourth-order valence-corrected chi connectivity index (χ4v) is 4.88. The van der Waals surface area contributed by atoms with E-state index in [0.29, 0.717) is 0 Å². The number of para-hydroxylation sites is 2. The minimum Gasteiger partial charge on any atom is -0.251 e. The van der Waals surface area contributed by atoms with Gasteiger partial charge in [-0.05, 0) is 88.5 Å². The summed E-state index contributed by atoms with van der Waals surface area (Å²) in [5.41, 5.74) is 7.17. The van der Waals surface area contributed by atoms with Gasteiger partial charge in [0.05, 0.1) is 22.8 Å². The maximum absolute atomic E-state index is 5.39. The van der Waals surface area contributed by atoms with Crippen molar-refractivity contribution in [3.8, 4) is 23.7 Å². The normalized spacial score (nSPS) is 11.5. The van der Waals surface area contributed by atoms with Gasteiger partial charge >= 0.3 is 0 Å². The molecule has 0 aliphatic carbocycles. The Bertz CT molecular complexity index is 1160. The Hall–Kier alpha value is -3.10. The van der Waals surface area contributed by atoms with Gasteiger partial charge in [-0.15, -0.1) is 23.7 Å². The van der Waals surface area contributed by atoms with Crippen molar-refractivity contribution in [2.75, 3.05) is 0 Å². The lowest BCUT2D eigenvalue weighted by molar-refractivity contribution is 0.616.